The van der Waals surface area contributed by atoms with Crippen LogP contribution >= 0.6 is 11.8 Å². The summed E-state index contributed by atoms with van der Waals surface area (Å²) in [6, 6.07) is 13.8. The number of nitrogens with one attached hydrogen (secondary N) is 1. The minimum atomic E-state index is -0.0736. The van der Waals surface area contributed by atoms with Crippen molar-refractivity contribution in [1.29, 1.82) is 0 Å². The van der Waals surface area contributed by atoms with Crippen LogP contribution in [0.15, 0.2) is 70.7 Å². The number of rotatable bonds is 9. The van der Waals surface area contributed by atoms with E-state index in [9.17, 15) is 4.79 Å². The molecule has 0 radical (unpaired) electrons. The number of aromatic nitrogens is 4. The molecule has 0 fully saturated rings. The normalized spacial score (nSPS) is 11.4. The van der Waals surface area contributed by atoms with Crippen molar-refractivity contribution in [2.24, 2.45) is 0 Å². The number of hydrogen-bond donors (Lipinski definition) is 1. The Bertz CT molecular complexity index is 1210. The van der Waals surface area contributed by atoms with Gasteiger partial charge in [-0.2, -0.15) is 0 Å². The van der Waals surface area contributed by atoms with E-state index in [1.807, 2.05) is 28.8 Å². The van der Waals surface area contributed by atoms with Gasteiger partial charge in [0.05, 0.1) is 18.6 Å². The number of furan rings is 1. The van der Waals surface area contributed by atoms with Crippen molar-refractivity contribution in [3.63, 3.8) is 0 Å². The van der Waals surface area contributed by atoms with Crippen LogP contribution < -0.4 is 5.32 Å². The average molecular weight is 476 g/mol. The van der Waals surface area contributed by atoms with Crippen molar-refractivity contribution in [2.75, 3.05) is 11.1 Å². The minimum Gasteiger partial charge on any atom is -0.467 e. The highest BCUT2D eigenvalue weighted by atomic mass is 32.2. The number of carbonyl (C=O) groups is 1. The molecule has 7 nitrogen and oxygen atoms in total. The van der Waals surface area contributed by atoms with E-state index in [4.69, 9.17) is 4.42 Å². The molecule has 34 heavy (non-hydrogen) atoms. The molecule has 3 aromatic heterocycles. The fraction of sp³-hybridized carbons (Fsp3) is 0.308. The molecule has 4 rings (SSSR count). The number of hydrogen-bond acceptors (Lipinski definition) is 6. The number of para-hydroxylation sites is 1. The molecule has 0 unspecified atom stereocenters. The second-order valence-corrected chi connectivity index (χ2v) is 9.61. The third-order valence-electron chi connectivity index (χ3n) is 5.50. The van der Waals surface area contributed by atoms with Crippen molar-refractivity contribution in [1.82, 2.24) is 19.7 Å². The number of amides is 1. The van der Waals surface area contributed by atoms with Gasteiger partial charge in [-0.15, -0.1) is 10.2 Å². The van der Waals surface area contributed by atoms with Gasteiger partial charge in [-0.25, -0.2) is 0 Å². The number of carbonyl (C=O) groups excluding carboxylic acids is 1. The Morgan fingerprint density at radius 1 is 1.03 bits per heavy atom. The highest BCUT2D eigenvalue weighted by Gasteiger charge is 2.19. The van der Waals surface area contributed by atoms with Gasteiger partial charge >= 0.3 is 0 Å². The fourth-order valence-corrected chi connectivity index (χ4v) is 4.54. The topological polar surface area (TPSA) is 85.8 Å². The van der Waals surface area contributed by atoms with Crippen LogP contribution in [-0.2, 0) is 11.3 Å². The van der Waals surface area contributed by atoms with E-state index >= 15 is 0 Å². The van der Waals surface area contributed by atoms with Crippen LogP contribution in [0.4, 0.5) is 5.69 Å². The molecule has 176 valence electrons. The molecule has 1 amide bonds. The zero-order chi connectivity index (χ0) is 24.1. The van der Waals surface area contributed by atoms with Gasteiger partial charge in [-0.3, -0.25) is 14.3 Å². The van der Waals surface area contributed by atoms with Crippen LogP contribution in [0.25, 0.3) is 11.4 Å². The van der Waals surface area contributed by atoms with E-state index in [-0.39, 0.29) is 11.7 Å². The zero-order valence-corrected chi connectivity index (χ0v) is 20.7. The Morgan fingerprint density at radius 3 is 2.41 bits per heavy atom. The monoisotopic (exact) mass is 475 g/mol. The first-order valence-corrected chi connectivity index (χ1v) is 12.3. The van der Waals surface area contributed by atoms with Gasteiger partial charge in [0, 0.05) is 23.6 Å². The van der Waals surface area contributed by atoms with Gasteiger partial charge in [0.1, 0.15) is 5.76 Å². The molecule has 0 atom stereocenters. The lowest BCUT2D eigenvalue weighted by atomic mass is 9.92. The summed E-state index contributed by atoms with van der Waals surface area (Å²) in [5.41, 5.74) is 4.06. The van der Waals surface area contributed by atoms with E-state index in [0.29, 0.717) is 29.4 Å². The quantitative estimate of drug-likeness (QED) is 0.301. The van der Waals surface area contributed by atoms with Gasteiger partial charge in [0.2, 0.25) is 5.91 Å². The predicted molar refractivity (Wildman–Crippen MR) is 135 cm³/mol. The van der Waals surface area contributed by atoms with E-state index < -0.39 is 0 Å². The van der Waals surface area contributed by atoms with Gasteiger partial charge < -0.3 is 9.73 Å². The molecule has 0 aliphatic rings. The van der Waals surface area contributed by atoms with Crippen molar-refractivity contribution in [2.45, 2.75) is 51.2 Å². The SMILES string of the molecule is CC(C)c1cccc(C(C)C)c1NC(=O)CSc1nnc(-c2cccnc2)n1Cc1ccco1. The molecule has 0 spiro atoms. The van der Waals surface area contributed by atoms with Crippen molar-refractivity contribution >= 4 is 23.4 Å². The molecular weight excluding hydrogens is 446 g/mol. The number of nitrogens with zero attached hydrogens (tertiary/aromatic N) is 4. The number of anilines is 1. The lowest BCUT2D eigenvalue weighted by molar-refractivity contribution is -0.113. The van der Waals surface area contributed by atoms with E-state index in [0.717, 1.165) is 28.1 Å². The van der Waals surface area contributed by atoms with Gasteiger partial charge in [0.15, 0.2) is 11.0 Å². The Balaban J connectivity index is 1.55. The minimum absolute atomic E-state index is 0.0736. The largest absolute Gasteiger partial charge is 0.467 e. The molecule has 3 heterocycles. The van der Waals surface area contributed by atoms with Crippen LogP contribution in [-0.4, -0.2) is 31.4 Å². The van der Waals surface area contributed by atoms with Crippen LogP contribution in [0.1, 0.15) is 56.4 Å². The third kappa shape index (κ3) is 5.39. The average Bonchev–Trinajstić information content (AvgIpc) is 3.48. The van der Waals surface area contributed by atoms with Gasteiger partial charge in [-0.1, -0.05) is 57.7 Å². The third-order valence-corrected chi connectivity index (χ3v) is 6.47. The van der Waals surface area contributed by atoms with Crippen molar-refractivity contribution in [3.05, 3.63) is 78.0 Å². The number of benzene rings is 1. The molecule has 0 saturated heterocycles. The molecule has 8 heteroatoms. The first-order valence-electron chi connectivity index (χ1n) is 11.4. The van der Waals surface area contributed by atoms with Gasteiger partial charge in [0.25, 0.3) is 0 Å². The first-order chi connectivity index (χ1) is 16.4. The molecule has 0 aliphatic heterocycles. The summed E-state index contributed by atoms with van der Waals surface area (Å²) in [6.45, 7) is 9.02. The number of thioether (sulfide) groups is 1. The summed E-state index contributed by atoms with van der Waals surface area (Å²) in [7, 11) is 0. The molecule has 4 aromatic rings. The molecule has 0 aliphatic carbocycles. The van der Waals surface area contributed by atoms with Crippen molar-refractivity contribution < 1.29 is 9.21 Å². The Hall–Kier alpha value is -3.39. The predicted octanol–water partition coefficient (Wildman–Crippen LogP) is 5.96. The number of pyridine rings is 1. The summed E-state index contributed by atoms with van der Waals surface area (Å²) < 4.78 is 7.50. The van der Waals surface area contributed by atoms with E-state index in [1.165, 1.54) is 11.8 Å². The highest BCUT2D eigenvalue weighted by Crippen LogP contribution is 2.33. The highest BCUT2D eigenvalue weighted by molar-refractivity contribution is 7.99. The summed E-state index contributed by atoms with van der Waals surface area (Å²) in [6.07, 6.45) is 5.11. The van der Waals surface area contributed by atoms with E-state index in [1.54, 1.807) is 18.7 Å². The molecular formula is C26H29N5O2S. The lowest BCUT2D eigenvalue weighted by Crippen LogP contribution is -2.18. The summed E-state index contributed by atoms with van der Waals surface area (Å²) in [5.74, 6) is 2.21. The standard InChI is InChI=1S/C26H29N5O2S/c1-17(2)21-10-5-11-22(18(3)4)24(21)28-23(32)16-34-26-30-29-25(19-8-6-12-27-14-19)31(26)15-20-9-7-13-33-20/h5-14,17-18H,15-16H2,1-4H3,(H,28,32). The maximum absolute atomic E-state index is 13.0. The zero-order valence-electron chi connectivity index (χ0n) is 19.9. The smallest absolute Gasteiger partial charge is 0.234 e. The fourth-order valence-electron chi connectivity index (χ4n) is 3.81. The molecule has 0 bridgehead atoms. The maximum Gasteiger partial charge on any atom is 0.234 e. The Labute approximate surface area is 204 Å². The van der Waals surface area contributed by atoms with E-state index in [2.05, 4.69) is 66.4 Å². The van der Waals surface area contributed by atoms with Crippen LogP contribution in [0.5, 0.6) is 0 Å². The molecule has 0 saturated carbocycles. The molecule has 1 N–H and O–H groups in total. The van der Waals surface area contributed by atoms with Crippen LogP contribution in [0.3, 0.4) is 0 Å². The lowest BCUT2D eigenvalue weighted by Gasteiger charge is -2.20. The first kappa shape index (κ1) is 23.8. The van der Waals surface area contributed by atoms with Crippen molar-refractivity contribution in [3.8, 4) is 11.4 Å². The molecule has 1 aromatic carbocycles. The van der Waals surface area contributed by atoms with Gasteiger partial charge in [-0.05, 0) is 47.2 Å². The Kier molecular flexibility index (Phi) is 7.47. The second-order valence-electron chi connectivity index (χ2n) is 8.67. The summed E-state index contributed by atoms with van der Waals surface area (Å²) in [4.78, 5) is 17.2. The maximum atomic E-state index is 13.0. The van der Waals surface area contributed by atoms with Crippen LogP contribution in [0.2, 0.25) is 0 Å². The summed E-state index contributed by atoms with van der Waals surface area (Å²) in [5, 5.41) is 12.6. The Morgan fingerprint density at radius 2 is 1.79 bits per heavy atom. The van der Waals surface area contributed by atoms with Crippen LogP contribution in [0, 0.1) is 0 Å². The summed E-state index contributed by atoms with van der Waals surface area (Å²) >= 11 is 1.36. The second kappa shape index (κ2) is 10.7.